The summed E-state index contributed by atoms with van der Waals surface area (Å²) in [6, 6.07) is 5.13. The molecule has 1 saturated heterocycles. The summed E-state index contributed by atoms with van der Waals surface area (Å²) in [5.41, 5.74) is 0.704. The van der Waals surface area contributed by atoms with Gasteiger partial charge < -0.3 is 8.94 Å². The van der Waals surface area contributed by atoms with Crippen molar-refractivity contribution in [1.82, 2.24) is 23.9 Å². The zero-order valence-electron chi connectivity index (χ0n) is 18.1. The Morgan fingerprint density at radius 2 is 1.84 bits per heavy atom. The molecule has 1 saturated carbocycles. The lowest BCUT2D eigenvalue weighted by atomic mass is 9.94. The molecule has 0 radical (unpaired) electrons. The Labute approximate surface area is 185 Å². The van der Waals surface area contributed by atoms with Gasteiger partial charge in [0.1, 0.15) is 0 Å². The van der Waals surface area contributed by atoms with Gasteiger partial charge >= 0.3 is 5.76 Å². The molecule has 10 nitrogen and oxygen atoms in total. The molecule has 2 aromatic heterocycles. The van der Waals surface area contributed by atoms with Gasteiger partial charge in [-0.1, -0.05) is 24.4 Å². The fourth-order valence-corrected chi connectivity index (χ4v) is 6.25. The van der Waals surface area contributed by atoms with Crippen molar-refractivity contribution in [2.24, 2.45) is 0 Å². The van der Waals surface area contributed by atoms with Gasteiger partial charge in [-0.15, -0.1) is 0 Å². The average molecular weight is 462 g/mol. The van der Waals surface area contributed by atoms with Gasteiger partial charge in [-0.2, -0.15) is 9.29 Å². The van der Waals surface area contributed by atoms with E-state index < -0.39 is 15.8 Å². The lowest BCUT2D eigenvalue weighted by Gasteiger charge is -2.40. The summed E-state index contributed by atoms with van der Waals surface area (Å²) in [6.07, 6.45) is 6.26. The zero-order chi connectivity index (χ0) is 22.3. The minimum atomic E-state index is -3.67. The van der Waals surface area contributed by atoms with Crippen LogP contribution in [0.2, 0.25) is 0 Å². The quantitative estimate of drug-likeness (QED) is 0.566. The number of aryl methyl sites for hydroxylation is 1. The molecule has 1 aromatic carbocycles. The second-order valence-electron chi connectivity index (χ2n) is 8.55. The molecule has 0 bridgehead atoms. The molecule has 11 heteroatoms. The number of sulfonamides is 1. The Kier molecular flexibility index (Phi) is 5.64. The summed E-state index contributed by atoms with van der Waals surface area (Å²) in [6.45, 7) is 4.19. The van der Waals surface area contributed by atoms with Crippen LogP contribution in [0.3, 0.4) is 0 Å². The van der Waals surface area contributed by atoms with Crippen LogP contribution in [-0.2, 0) is 16.6 Å². The summed E-state index contributed by atoms with van der Waals surface area (Å²) < 4.78 is 39.7. The monoisotopic (exact) mass is 461 g/mol. The van der Waals surface area contributed by atoms with Crippen molar-refractivity contribution < 1.29 is 17.4 Å². The van der Waals surface area contributed by atoms with Gasteiger partial charge in [0.2, 0.25) is 15.9 Å². The highest BCUT2D eigenvalue weighted by Gasteiger charge is 2.32. The Balaban J connectivity index is 1.34. The lowest BCUT2D eigenvalue weighted by Crippen LogP contribution is -2.52. The second-order valence-corrected chi connectivity index (χ2v) is 10.5. The standard InChI is InChI=1S/C21H27N5O5S/c1-15-22-20(23-31-15)14-26-18-8-7-17(13-19(18)30-21(26)27)32(28,29)25-11-9-24(10-12-25)16-5-3-2-4-6-16/h7-8,13,16H,2-6,9-12,14H2,1H3. The van der Waals surface area contributed by atoms with Crippen LogP contribution in [0.25, 0.3) is 11.1 Å². The van der Waals surface area contributed by atoms with Crippen molar-refractivity contribution in [3.63, 3.8) is 0 Å². The summed E-state index contributed by atoms with van der Waals surface area (Å²) in [5, 5.41) is 3.80. The van der Waals surface area contributed by atoms with Crippen LogP contribution in [0.4, 0.5) is 0 Å². The fourth-order valence-electron chi connectivity index (χ4n) is 4.81. The largest absolute Gasteiger partial charge is 0.420 e. The Bertz CT molecular complexity index is 1260. The predicted octanol–water partition coefficient (Wildman–Crippen LogP) is 1.97. The van der Waals surface area contributed by atoms with Gasteiger partial charge in [0, 0.05) is 45.2 Å². The van der Waals surface area contributed by atoms with Crippen LogP contribution in [0.1, 0.15) is 43.8 Å². The number of aromatic nitrogens is 3. The Morgan fingerprint density at radius 1 is 1.09 bits per heavy atom. The molecule has 2 fully saturated rings. The first-order valence-corrected chi connectivity index (χ1v) is 12.5. The summed E-state index contributed by atoms with van der Waals surface area (Å²) in [7, 11) is -3.67. The number of hydrogen-bond donors (Lipinski definition) is 0. The zero-order valence-corrected chi connectivity index (χ0v) is 18.9. The third-order valence-electron chi connectivity index (χ3n) is 6.51. The third kappa shape index (κ3) is 4.00. The number of hydrogen-bond acceptors (Lipinski definition) is 8. The highest BCUT2D eigenvalue weighted by atomic mass is 32.2. The minimum Gasteiger partial charge on any atom is -0.408 e. The van der Waals surface area contributed by atoms with Crippen molar-refractivity contribution in [3.8, 4) is 0 Å². The van der Waals surface area contributed by atoms with E-state index in [9.17, 15) is 13.2 Å². The molecular weight excluding hydrogens is 434 g/mol. The molecule has 0 unspecified atom stereocenters. The van der Waals surface area contributed by atoms with Gasteiger partial charge in [-0.3, -0.25) is 9.47 Å². The van der Waals surface area contributed by atoms with Crippen LogP contribution >= 0.6 is 0 Å². The molecule has 0 N–H and O–H groups in total. The van der Waals surface area contributed by atoms with Crippen molar-refractivity contribution in [1.29, 1.82) is 0 Å². The van der Waals surface area contributed by atoms with E-state index in [1.807, 2.05) is 0 Å². The summed E-state index contributed by atoms with van der Waals surface area (Å²) in [5.74, 6) is 0.149. The van der Waals surface area contributed by atoms with E-state index in [1.165, 1.54) is 53.1 Å². The molecule has 3 aromatic rings. The first-order valence-electron chi connectivity index (χ1n) is 11.1. The molecule has 5 rings (SSSR count). The highest BCUT2D eigenvalue weighted by molar-refractivity contribution is 7.89. The number of benzene rings is 1. The number of nitrogens with zero attached hydrogens (tertiary/aromatic N) is 5. The molecular formula is C21H27N5O5S. The molecule has 172 valence electrons. The summed E-state index contributed by atoms with van der Waals surface area (Å²) >= 11 is 0. The van der Waals surface area contributed by atoms with Crippen molar-refractivity contribution in [2.75, 3.05) is 26.2 Å². The van der Waals surface area contributed by atoms with Crippen molar-refractivity contribution >= 4 is 21.1 Å². The molecule has 1 aliphatic carbocycles. The van der Waals surface area contributed by atoms with Crippen LogP contribution in [0, 0.1) is 6.92 Å². The SMILES string of the molecule is Cc1nc(Cn2c(=O)oc3cc(S(=O)(=O)N4CCN(C5CCCCC5)CC4)ccc32)no1. The number of rotatable bonds is 5. The van der Waals surface area contributed by atoms with E-state index in [0.29, 0.717) is 36.4 Å². The third-order valence-corrected chi connectivity index (χ3v) is 8.41. The lowest BCUT2D eigenvalue weighted by molar-refractivity contribution is 0.111. The van der Waals surface area contributed by atoms with E-state index in [4.69, 9.17) is 8.94 Å². The van der Waals surface area contributed by atoms with Crippen LogP contribution in [0.5, 0.6) is 0 Å². The van der Waals surface area contributed by atoms with Gasteiger partial charge in [-0.05, 0) is 25.0 Å². The van der Waals surface area contributed by atoms with E-state index in [-0.39, 0.29) is 17.0 Å². The maximum atomic E-state index is 13.2. The van der Waals surface area contributed by atoms with E-state index in [1.54, 1.807) is 13.0 Å². The average Bonchev–Trinajstić information content (AvgIpc) is 3.36. The minimum absolute atomic E-state index is 0.0817. The van der Waals surface area contributed by atoms with Crippen molar-refractivity contribution in [2.45, 2.75) is 56.5 Å². The molecule has 0 spiro atoms. The van der Waals surface area contributed by atoms with E-state index >= 15 is 0 Å². The van der Waals surface area contributed by atoms with Crippen LogP contribution < -0.4 is 5.76 Å². The van der Waals surface area contributed by atoms with Crippen LogP contribution in [0.15, 0.2) is 36.8 Å². The highest BCUT2D eigenvalue weighted by Crippen LogP contribution is 2.26. The van der Waals surface area contributed by atoms with Crippen molar-refractivity contribution in [3.05, 3.63) is 40.5 Å². The van der Waals surface area contributed by atoms with Gasteiger partial charge in [-0.25, -0.2) is 13.2 Å². The topological polar surface area (TPSA) is 115 Å². The normalized spacial score (nSPS) is 19.7. The first kappa shape index (κ1) is 21.4. The Hall–Kier alpha value is -2.50. The molecule has 1 aliphatic heterocycles. The second kappa shape index (κ2) is 8.45. The first-order chi connectivity index (χ1) is 15.4. The molecule has 32 heavy (non-hydrogen) atoms. The molecule has 3 heterocycles. The molecule has 0 amide bonds. The van der Waals surface area contributed by atoms with Gasteiger partial charge in [0.05, 0.1) is 17.0 Å². The number of piperazine rings is 1. The summed E-state index contributed by atoms with van der Waals surface area (Å²) in [4.78, 5) is 19.0. The number of fused-ring (bicyclic) bond motifs is 1. The number of oxazole rings is 1. The van der Waals surface area contributed by atoms with E-state index in [2.05, 4.69) is 15.0 Å². The molecule has 0 atom stereocenters. The van der Waals surface area contributed by atoms with Crippen LogP contribution in [-0.4, -0.2) is 64.6 Å². The fraction of sp³-hybridized carbons (Fsp3) is 0.571. The van der Waals surface area contributed by atoms with Gasteiger partial charge in [0.15, 0.2) is 11.4 Å². The maximum Gasteiger partial charge on any atom is 0.420 e. The maximum absolute atomic E-state index is 13.2. The van der Waals surface area contributed by atoms with E-state index in [0.717, 1.165) is 13.1 Å². The predicted molar refractivity (Wildman–Crippen MR) is 116 cm³/mol. The molecule has 2 aliphatic rings. The van der Waals surface area contributed by atoms with Gasteiger partial charge in [0.25, 0.3) is 0 Å². The smallest absolute Gasteiger partial charge is 0.408 e. The Morgan fingerprint density at radius 3 is 2.53 bits per heavy atom.